The average Bonchev–Trinajstić information content (AvgIpc) is 3.16. The van der Waals surface area contributed by atoms with Gasteiger partial charge in [0, 0.05) is 21.5 Å². The summed E-state index contributed by atoms with van der Waals surface area (Å²) in [6.07, 6.45) is 0. The predicted octanol–water partition coefficient (Wildman–Crippen LogP) is 4.86. The highest BCUT2D eigenvalue weighted by Crippen LogP contribution is 2.37. The van der Waals surface area contributed by atoms with Crippen molar-refractivity contribution in [2.75, 3.05) is 6.79 Å². The van der Waals surface area contributed by atoms with Crippen LogP contribution in [0.25, 0.3) is 21.8 Å². The third-order valence-electron chi connectivity index (χ3n) is 3.26. The first-order chi connectivity index (χ1) is 10.3. The summed E-state index contributed by atoms with van der Waals surface area (Å²) in [5.74, 6) is 1.56. The lowest BCUT2D eigenvalue weighted by atomic mass is 10.2. The van der Waals surface area contributed by atoms with E-state index < -0.39 is 0 Å². The monoisotopic (exact) mass is 315 g/mol. The summed E-state index contributed by atoms with van der Waals surface area (Å²) in [4.78, 5) is 4.68. The van der Waals surface area contributed by atoms with E-state index in [2.05, 4.69) is 4.98 Å². The van der Waals surface area contributed by atoms with Crippen molar-refractivity contribution in [1.82, 2.24) is 4.98 Å². The quantitative estimate of drug-likeness (QED) is 0.677. The topological polar surface area (TPSA) is 31.4 Å². The molecule has 2 aromatic carbocycles. The number of aromatic nitrogens is 1. The molecule has 3 nitrogen and oxygen atoms in total. The van der Waals surface area contributed by atoms with Gasteiger partial charge in [0.15, 0.2) is 11.5 Å². The van der Waals surface area contributed by atoms with E-state index in [0.29, 0.717) is 0 Å². The van der Waals surface area contributed by atoms with Crippen LogP contribution in [-0.2, 0) is 0 Å². The lowest BCUT2D eigenvalue weighted by Crippen LogP contribution is -1.92. The van der Waals surface area contributed by atoms with Crippen molar-refractivity contribution in [3.8, 4) is 33.3 Å². The molecule has 5 heteroatoms. The van der Waals surface area contributed by atoms with Crippen molar-refractivity contribution in [3.05, 3.63) is 52.9 Å². The van der Waals surface area contributed by atoms with Crippen molar-refractivity contribution in [1.29, 1.82) is 0 Å². The van der Waals surface area contributed by atoms with Gasteiger partial charge in [-0.3, -0.25) is 0 Å². The summed E-state index contributed by atoms with van der Waals surface area (Å²) in [5.41, 5.74) is 3.04. The molecule has 0 N–H and O–H groups in total. The maximum atomic E-state index is 5.91. The van der Waals surface area contributed by atoms with Crippen LogP contribution in [0, 0.1) is 0 Å². The van der Waals surface area contributed by atoms with Gasteiger partial charge in [-0.25, -0.2) is 4.98 Å². The highest BCUT2D eigenvalue weighted by atomic mass is 35.5. The fraction of sp³-hybridized carbons (Fsp3) is 0.0625. The molecule has 3 aromatic rings. The number of halogens is 1. The normalized spacial score (nSPS) is 12.6. The van der Waals surface area contributed by atoms with Crippen LogP contribution in [0.1, 0.15) is 0 Å². The Hall–Kier alpha value is -2.04. The van der Waals surface area contributed by atoms with Crippen molar-refractivity contribution < 1.29 is 9.47 Å². The van der Waals surface area contributed by atoms with E-state index in [1.165, 1.54) is 0 Å². The third kappa shape index (κ3) is 2.37. The van der Waals surface area contributed by atoms with Gasteiger partial charge in [0.05, 0.1) is 5.69 Å². The maximum Gasteiger partial charge on any atom is 0.231 e. The smallest absolute Gasteiger partial charge is 0.231 e. The molecule has 1 aromatic heterocycles. The van der Waals surface area contributed by atoms with Gasteiger partial charge in [-0.05, 0) is 30.3 Å². The second-order valence-corrected chi connectivity index (χ2v) is 5.91. The van der Waals surface area contributed by atoms with Crippen molar-refractivity contribution in [2.24, 2.45) is 0 Å². The molecule has 1 aliphatic rings. The zero-order valence-electron chi connectivity index (χ0n) is 10.9. The average molecular weight is 316 g/mol. The van der Waals surface area contributed by atoms with Crippen LogP contribution < -0.4 is 9.47 Å². The van der Waals surface area contributed by atoms with Crippen LogP contribution in [0.5, 0.6) is 11.5 Å². The Morgan fingerprint density at radius 3 is 2.57 bits per heavy atom. The van der Waals surface area contributed by atoms with Gasteiger partial charge in [0.25, 0.3) is 0 Å². The molecule has 21 heavy (non-hydrogen) atoms. The number of fused-ring (bicyclic) bond motifs is 1. The van der Waals surface area contributed by atoms with E-state index in [1.54, 1.807) is 11.3 Å². The Morgan fingerprint density at radius 2 is 1.71 bits per heavy atom. The van der Waals surface area contributed by atoms with Gasteiger partial charge in [-0.15, -0.1) is 11.3 Å². The number of nitrogens with zero attached hydrogens (tertiary/aromatic N) is 1. The summed E-state index contributed by atoms with van der Waals surface area (Å²) >= 11 is 7.52. The molecule has 0 amide bonds. The standard InChI is InChI=1S/C16H10ClNO2S/c17-12-4-1-10(2-5-12)13-8-21-16(18-13)11-3-6-14-15(7-11)20-9-19-14/h1-8H,9H2. The number of hydrogen-bond acceptors (Lipinski definition) is 4. The maximum absolute atomic E-state index is 5.91. The van der Waals surface area contributed by atoms with E-state index >= 15 is 0 Å². The molecule has 0 unspecified atom stereocenters. The Labute approximate surface area is 130 Å². The molecule has 1 aliphatic heterocycles. The molecule has 0 aliphatic carbocycles. The van der Waals surface area contributed by atoms with Crippen LogP contribution in [0.3, 0.4) is 0 Å². The van der Waals surface area contributed by atoms with Crippen molar-refractivity contribution >= 4 is 22.9 Å². The number of thiazole rings is 1. The zero-order valence-corrected chi connectivity index (χ0v) is 12.4. The minimum Gasteiger partial charge on any atom is -0.454 e. The van der Waals surface area contributed by atoms with E-state index in [9.17, 15) is 0 Å². The fourth-order valence-electron chi connectivity index (χ4n) is 2.19. The molecular weight excluding hydrogens is 306 g/mol. The summed E-state index contributed by atoms with van der Waals surface area (Å²) in [6, 6.07) is 13.6. The van der Waals surface area contributed by atoms with Gasteiger partial charge < -0.3 is 9.47 Å². The van der Waals surface area contributed by atoms with E-state index in [0.717, 1.165) is 38.4 Å². The third-order valence-corrected chi connectivity index (χ3v) is 4.41. The zero-order chi connectivity index (χ0) is 14.2. The van der Waals surface area contributed by atoms with E-state index in [-0.39, 0.29) is 6.79 Å². The first-order valence-corrected chi connectivity index (χ1v) is 7.67. The minimum absolute atomic E-state index is 0.284. The lowest BCUT2D eigenvalue weighted by Gasteiger charge is -1.99. The second-order valence-electron chi connectivity index (χ2n) is 4.61. The Kier molecular flexibility index (Phi) is 3.05. The molecule has 104 valence electrons. The van der Waals surface area contributed by atoms with Gasteiger partial charge >= 0.3 is 0 Å². The summed E-state index contributed by atoms with van der Waals surface area (Å²) in [6.45, 7) is 0.284. The van der Waals surface area contributed by atoms with Crippen molar-refractivity contribution in [3.63, 3.8) is 0 Å². The molecular formula is C16H10ClNO2S. The van der Waals surface area contributed by atoms with Crippen LogP contribution in [-0.4, -0.2) is 11.8 Å². The minimum atomic E-state index is 0.284. The Balaban J connectivity index is 1.69. The van der Waals surface area contributed by atoms with Gasteiger partial charge in [0.2, 0.25) is 6.79 Å². The molecule has 0 atom stereocenters. The molecule has 0 fully saturated rings. The van der Waals surface area contributed by atoms with Gasteiger partial charge in [-0.2, -0.15) is 0 Å². The molecule has 0 saturated carbocycles. The lowest BCUT2D eigenvalue weighted by molar-refractivity contribution is 0.174. The second kappa shape index (κ2) is 5.06. The summed E-state index contributed by atoms with van der Waals surface area (Å²) < 4.78 is 10.7. The van der Waals surface area contributed by atoms with Crippen LogP contribution >= 0.6 is 22.9 Å². The molecule has 4 rings (SSSR count). The SMILES string of the molecule is Clc1ccc(-c2csc(-c3ccc4c(c3)OCO4)n2)cc1. The van der Waals surface area contributed by atoms with Crippen LogP contribution in [0.4, 0.5) is 0 Å². The number of rotatable bonds is 2. The fourth-order valence-corrected chi connectivity index (χ4v) is 3.14. The molecule has 0 radical (unpaired) electrons. The number of hydrogen-bond donors (Lipinski definition) is 0. The molecule has 0 spiro atoms. The van der Waals surface area contributed by atoms with Gasteiger partial charge in [-0.1, -0.05) is 23.7 Å². The summed E-state index contributed by atoms with van der Waals surface area (Å²) in [5, 5.41) is 3.73. The first-order valence-electron chi connectivity index (χ1n) is 6.41. The van der Waals surface area contributed by atoms with E-state index in [4.69, 9.17) is 21.1 Å². The highest BCUT2D eigenvalue weighted by Gasteiger charge is 2.15. The predicted molar refractivity (Wildman–Crippen MR) is 84.1 cm³/mol. The number of benzene rings is 2. The van der Waals surface area contributed by atoms with Crippen LogP contribution in [0.15, 0.2) is 47.8 Å². The molecule has 0 saturated heterocycles. The first kappa shape index (κ1) is 12.7. The number of ether oxygens (including phenoxy) is 2. The Morgan fingerprint density at radius 1 is 0.952 bits per heavy atom. The molecule has 2 heterocycles. The Bertz CT molecular complexity index is 798. The molecule has 0 bridgehead atoms. The highest BCUT2D eigenvalue weighted by molar-refractivity contribution is 7.13. The summed E-state index contributed by atoms with van der Waals surface area (Å²) in [7, 11) is 0. The van der Waals surface area contributed by atoms with Crippen molar-refractivity contribution in [2.45, 2.75) is 0 Å². The van der Waals surface area contributed by atoms with E-state index in [1.807, 2.05) is 47.8 Å². The van der Waals surface area contributed by atoms with Crippen LogP contribution in [0.2, 0.25) is 5.02 Å². The van der Waals surface area contributed by atoms with Gasteiger partial charge in [0.1, 0.15) is 5.01 Å². The largest absolute Gasteiger partial charge is 0.454 e.